The topological polar surface area (TPSA) is 58.4 Å². The fraction of sp³-hybridized carbons (Fsp3) is 0.800. The first-order chi connectivity index (χ1) is 11.9. The summed E-state index contributed by atoms with van der Waals surface area (Å²) in [6.07, 6.45) is 10.4. The van der Waals surface area contributed by atoms with E-state index < -0.39 is 6.10 Å². The summed E-state index contributed by atoms with van der Waals surface area (Å²) in [7, 11) is 1.90. The number of nitrogens with zero attached hydrogens (tertiary/aromatic N) is 3. The SMILES string of the molecule is Cn1ccnc1C(O)C1CCCN(C(=O)CC2CCCC(C)(C)C2)C1. The zero-order valence-electron chi connectivity index (χ0n) is 15.9. The van der Waals surface area contributed by atoms with E-state index in [1.54, 1.807) is 6.20 Å². The Morgan fingerprint density at radius 2 is 2.20 bits per heavy atom. The molecular formula is C20H33N3O2. The molecule has 0 spiro atoms. The van der Waals surface area contributed by atoms with Gasteiger partial charge in [-0.25, -0.2) is 4.98 Å². The second-order valence-electron chi connectivity index (χ2n) is 8.91. The molecule has 1 aliphatic heterocycles. The number of rotatable bonds is 4. The molecule has 3 unspecified atom stereocenters. The average Bonchev–Trinajstić information content (AvgIpc) is 2.99. The van der Waals surface area contributed by atoms with Crippen LogP contribution >= 0.6 is 0 Å². The summed E-state index contributed by atoms with van der Waals surface area (Å²) in [5.41, 5.74) is 0.377. The molecule has 1 aliphatic carbocycles. The van der Waals surface area contributed by atoms with Gasteiger partial charge in [-0.3, -0.25) is 4.79 Å². The molecule has 5 heteroatoms. The number of aliphatic hydroxyl groups is 1. The minimum Gasteiger partial charge on any atom is -0.385 e. The molecule has 5 nitrogen and oxygen atoms in total. The standard InChI is InChI=1S/C20H33N3O2/c1-20(2)8-4-6-15(13-20)12-17(24)23-10-5-7-16(14-23)18(25)19-21-9-11-22(19)3/h9,11,15-16,18,25H,4-8,10,12-14H2,1-3H3. The molecule has 0 bridgehead atoms. The van der Waals surface area contributed by atoms with E-state index in [9.17, 15) is 9.90 Å². The van der Waals surface area contributed by atoms with Crippen molar-refractivity contribution < 1.29 is 9.90 Å². The number of carbonyl (C=O) groups excluding carboxylic acids is 1. The van der Waals surface area contributed by atoms with Crippen molar-refractivity contribution in [3.63, 3.8) is 0 Å². The molecule has 1 aromatic rings. The number of carbonyl (C=O) groups is 1. The summed E-state index contributed by atoms with van der Waals surface area (Å²) in [6, 6.07) is 0. The van der Waals surface area contributed by atoms with E-state index in [-0.39, 0.29) is 11.8 Å². The molecule has 1 amide bonds. The third-order valence-corrected chi connectivity index (χ3v) is 6.15. The number of piperidine rings is 1. The summed E-state index contributed by atoms with van der Waals surface area (Å²) in [5.74, 6) is 1.59. The van der Waals surface area contributed by atoms with Crippen molar-refractivity contribution in [3.05, 3.63) is 18.2 Å². The summed E-state index contributed by atoms with van der Waals surface area (Å²) < 4.78 is 1.87. The molecular weight excluding hydrogens is 314 g/mol. The molecule has 140 valence electrons. The smallest absolute Gasteiger partial charge is 0.222 e. The number of hydrogen-bond acceptors (Lipinski definition) is 3. The molecule has 3 rings (SSSR count). The van der Waals surface area contributed by atoms with Gasteiger partial charge < -0.3 is 14.6 Å². The second kappa shape index (κ2) is 7.48. The van der Waals surface area contributed by atoms with E-state index in [1.165, 1.54) is 19.3 Å². The predicted molar refractivity (Wildman–Crippen MR) is 97.8 cm³/mol. The lowest BCUT2D eigenvalue weighted by Crippen LogP contribution is -2.43. The molecule has 2 aliphatic rings. The Morgan fingerprint density at radius 3 is 2.88 bits per heavy atom. The van der Waals surface area contributed by atoms with Crippen LogP contribution in [0.1, 0.15) is 70.7 Å². The van der Waals surface area contributed by atoms with Gasteiger partial charge in [0.1, 0.15) is 11.9 Å². The Hall–Kier alpha value is -1.36. The van der Waals surface area contributed by atoms with Crippen LogP contribution in [0.25, 0.3) is 0 Å². The van der Waals surface area contributed by atoms with Crippen molar-refractivity contribution in [1.29, 1.82) is 0 Å². The largest absolute Gasteiger partial charge is 0.385 e. The fourth-order valence-corrected chi connectivity index (χ4v) is 4.77. The maximum Gasteiger partial charge on any atom is 0.222 e. The first-order valence-electron chi connectivity index (χ1n) is 9.79. The van der Waals surface area contributed by atoms with Gasteiger partial charge >= 0.3 is 0 Å². The van der Waals surface area contributed by atoms with Crippen molar-refractivity contribution >= 4 is 5.91 Å². The summed E-state index contributed by atoms with van der Waals surface area (Å²) in [6.45, 7) is 6.13. The minimum absolute atomic E-state index is 0.0848. The maximum atomic E-state index is 12.8. The molecule has 1 saturated heterocycles. The van der Waals surface area contributed by atoms with Crippen LogP contribution < -0.4 is 0 Å². The van der Waals surface area contributed by atoms with Crippen molar-refractivity contribution in [2.24, 2.45) is 24.3 Å². The number of amides is 1. The van der Waals surface area contributed by atoms with E-state index in [0.29, 0.717) is 30.1 Å². The molecule has 1 aromatic heterocycles. The first kappa shape index (κ1) is 18.4. The third kappa shape index (κ3) is 4.43. The minimum atomic E-state index is -0.593. The molecule has 0 radical (unpaired) electrons. The number of aromatic nitrogens is 2. The van der Waals surface area contributed by atoms with E-state index in [2.05, 4.69) is 18.8 Å². The first-order valence-corrected chi connectivity index (χ1v) is 9.79. The van der Waals surface area contributed by atoms with Gasteiger partial charge in [-0.05, 0) is 43.4 Å². The Bertz CT molecular complexity index is 596. The van der Waals surface area contributed by atoms with E-state index in [4.69, 9.17) is 0 Å². The zero-order valence-corrected chi connectivity index (χ0v) is 15.9. The van der Waals surface area contributed by atoms with Crippen molar-refractivity contribution in [2.75, 3.05) is 13.1 Å². The maximum absolute atomic E-state index is 12.8. The number of likely N-dealkylation sites (tertiary alicyclic amines) is 1. The van der Waals surface area contributed by atoms with E-state index >= 15 is 0 Å². The van der Waals surface area contributed by atoms with Crippen LogP contribution in [-0.2, 0) is 11.8 Å². The van der Waals surface area contributed by atoms with Gasteiger partial charge in [0.05, 0.1) is 0 Å². The summed E-state index contributed by atoms with van der Waals surface area (Å²) in [4.78, 5) is 19.1. The average molecular weight is 348 g/mol. The van der Waals surface area contributed by atoms with Gasteiger partial charge in [-0.15, -0.1) is 0 Å². The van der Waals surface area contributed by atoms with E-state index in [1.807, 2.05) is 22.7 Å². The molecule has 2 fully saturated rings. The lowest BCUT2D eigenvalue weighted by atomic mass is 9.71. The van der Waals surface area contributed by atoms with Crippen LogP contribution in [0.3, 0.4) is 0 Å². The number of imidazole rings is 1. The Morgan fingerprint density at radius 1 is 1.40 bits per heavy atom. The number of hydrogen-bond donors (Lipinski definition) is 1. The monoisotopic (exact) mass is 347 g/mol. The van der Waals surface area contributed by atoms with Gasteiger partial charge in [-0.2, -0.15) is 0 Å². The molecule has 25 heavy (non-hydrogen) atoms. The van der Waals surface area contributed by atoms with Crippen molar-refractivity contribution in [1.82, 2.24) is 14.5 Å². The van der Waals surface area contributed by atoms with E-state index in [0.717, 1.165) is 25.8 Å². The molecule has 1 N–H and O–H groups in total. The second-order valence-corrected chi connectivity index (χ2v) is 8.91. The summed E-state index contributed by atoms with van der Waals surface area (Å²) in [5, 5.41) is 10.7. The molecule has 1 saturated carbocycles. The summed E-state index contributed by atoms with van der Waals surface area (Å²) >= 11 is 0. The fourth-order valence-electron chi connectivity index (χ4n) is 4.77. The third-order valence-electron chi connectivity index (χ3n) is 6.15. The number of aryl methyl sites for hydroxylation is 1. The van der Waals surface area contributed by atoms with Gasteiger partial charge in [0.25, 0.3) is 0 Å². The predicted octanol–water partition coefficient (Wildman–Crippen LogP) is 3.30. The lowest BCUT2D eigenvalue weighted by Gasteiger charge is -2.38. The molecule has 2 heterocycles. The van der Waals surface area contributed by atoms with Crippen LogP contribution in [0.15, 0.2) is 12.4 Å². The highest BCUT2D eigenvalue weighted by molar-refractivity contribution is 5.76. The Balaban J connectivity index is 1.57. The zero-order chi connectivity index (χ0) is 18.0. The normalized spacial score (nSPS) is 27.9. The molecule has 3 atom stereocenters. The van der Waals surface area contributed by atoms with Crippen LogP contribution in [-0.4, -0.2) is 38.6 Å². The van der Waals surface area contributed by atoms with Gasteiger partial charge in [-0.1, -0.05) is 20.3 Å². The number of aliphatic hydroxyl groups excluding tert-OH is 1. The highest BCUT2D eigenvalue weighted by Gasteiger charge is 2.33. The highest BCUT2D eigenvalue weighted by Crippen LogP contribution is 2.40. The Labute approximate surface area is 151 Å². The quantitative estimate of drug-likeness (QED) is 0.909. The van der Waals surface area contributed by atoms with Gasteiger partial charge in [0.15, 0.2) is 0 Å². The highest BCUT2D eigenvalue weighted by atomic mass is 16.3. The van der Waals surface area contributed by atoms with Crippen molar-refractivity contribution in [2.45, 2.75) is 64.9 Å². The van der Waals surface area contributed by atoms with Crippen LogP contribution in [0.2, 0.25) is 0 Å². The van der Waals surface area contributed by atoms with Gasteiger partial charge in [0.2, 0.25) is 5.91 Å². The van der Waals surface area contributed by atoms with Crippen LogP contribution in [0, 0.1) is 17.3 Å². The van der Waals surface area contributed by atoms with Crippen LogP contribution in [0.4, 0.5) is 0 Å². The van der Waals surface area contributed by atoms with Crippen molar-refractivity contribution in [3.8, 4) is 0 Å². The Kier molecular flexibility index (Phi) is 5.52. The van der Waals surface area contributed by atoms with Crippen LogP contribution in [0.5, 0.6) is 0 Å². The molecule has 0 aromatic carbocycles. The lowest BCUT2D eigenvalue weighted by molar-refractivity contribution is -0.135. The van der Waals surface area contributed by atoms with Gasteiger partial charge in [0, 0.05) is 44.9 Å².